The Balaban J connectivity index is 2.56. The molecule has 2 unspecified atom stereocenters. The van der Waals surface area contributed by atoms with E-state index in [0.717, 1.165) is 5.75 Å². The maximum atomic E-state index is 11.7. The first-order chi connectivity index (χ1) is 8.85. The monoisotopic (exact) mass is 265 g/mol. The predicted molar refractivity (Wildman–Crippen MR) is 75.1 cm³/mol. The molecule has 0 radical (unpaired) electrons. The molecule has 0 heterocycles. The van der Waals surface area contributed by atoms with E-state index in [9.17, 15) is 4.79 Å². The quantitative estimate of drug-likeness (QED) is 0.802. The minimum atomic E-state index is -1.03. The van der Waals surface area contributed by atoms with Crippen molar-refractivity contribution < 1.29 is 14.3 Å². The van der Waals surface area contributed by atoms with Crippen LogP contribution in [0, 0.1) is 6.92 Å². The minimum absolute atomic E-state index is 0.165. The first kappa shape index (κ1) is 15.5. The molecule has 0 fully saturated rings. The predicted octanol–water partition coefficient (Wildman–Crippen LogP) is 2.43. The molecule has 0 aliphatic carbocycles. The molecule has 2 atom stereocenters. The number of rotatable bonds is 6. The summed E-state index contributed by atoms with van der Waals surface area (Å²) in [4.78, 5) is 11.7. The Bertz CT molecular complexity index is 412. The number of hydrogen-bond acceptors (Lipinski definition) is 4. The number of esters is 1. The van der Waals surface area contributed by atoms with Gasteiger partial charge in [0.05, 0.1) is 12.7 Å². The lowest BCUT2D eigenvalue weighted by Crippen LogP contribution is -2.49. The molecule has 0 aliphatic heterocycles. The van der Waals surface area contributed by atoms with Crippen molar-refractivity contribution in [2.45, 2.75) is 45.8 Å². The van der Waals surface area contributed by atoms with Gasteiger partial charge in [-0.3, -0.25) is 4.79 Å². The third-order valence-corrected chi connectivity index (χ3v) is 2.81. The van der Waals surface area contributed by atoms with Gasteiger partial charge < -0.3 is 15.2 Å². The molecule has 19 heavy (non-hydrogen) atoms. The molecule has 4 nitrogen and oxygen atoms in total. The van der Waals surface area contributed by atoms with Crippen molar-refractivity contribution in [1.29, 1.82) is 0 Å². The van der Waals surface area contributed by atoms with E-state index in [-0.39, 0.29) is 6.10 Å². The molecule has 1 aromatic carbocycles. The highest BCUT2D eigenvalue weighted by Gasteiger charge is 2.32. The van der Waals surface area contributed by atoms with Gasteiger partial charge in [0.15, 0.2) is 0 Å². The van der Waals surface area contributed by atoms with Gasteiger partial charge in [-0.05, 0) is 39.8 Å². The molecule has 0 aliphatic rings. The minimum Gasteiger partial charge on any atom is -0.491 e. The third kappa shape index (κ3) is 4.91. The average molecular weight is 265 g/mol. The summed E-state index contributed by atoms with van der Waals surface area (Å²) in [6, 6.07) is 7.78. The molecule has 0 spiro atoms. The van der Waals surface area contributed by atoms with Crippen molar-refractivity contribution in [2.24, 2.45) is 5.73 Å². The van der Waals surface area contributed by atoms with E-state index in [1.807, 2.05) is 38.1 Å². The van der Waals surface area contributed by atoms with Crippen molar-refractivity contribution in [3.8, 4) is 5.75 Å². The van der Waals surface area contributed by atoms with Gasteiger partial charge in [-0.25, -0.2) is 0 Å². The van der Waals surface area contributed by atoms with Crippen LogP contribution in [0.15, 0.2) is 24.3 Å². The van der Waals surface area contributed by atoms with Gasteiger partial charge in [0.2, 0.25) is 0 Å². The Morgan fingerprint density at radius 3 is 2.47 bits per heavy atom. The number of carbonyl (C=O) groups excluding carboxylic acids is 1. The second-order valence-electron chi connectivity index (χ2n) is 5.08. The molecular formula is C15H23NO3. The highest BCUT2D eigenvalue weighted by atomic mass is 16.5. The second-order valence-corrected chi connectivity index (χ2v) is 5.08. The Kier molecular flexibility index (Phi) is 5.36. The largest absolute Gasteiger partial charge is 0.491 e. The van der Waals surface area contributed by atoms with Gasteiger partial charge in [-0.2, -0.15) is 0 Å². The maximum Gasteiger partial charge on any atom is 0.325 e. The van der Waals surface area contributed by atoms with Gasteiger partial charge in [-0.15, -0.1) is 0 Å². The van der Waals surface area contributed by atoms with Gasteiger partial charge >= 0.3 is 5.97 Å². The molecule has 1 aromatic rings. The molecular weight excluding hydrogens is 242 g/mol. The Morgan fingerprint density at radius 2 is 1.95 bits per heavy atom. The lowest BCUT2D eigenvalue weighted by molar-refractivity contribution is -0.149. The highest BCUT2D eigenvalue weighted by molar-refractivity contribution is 5.80. The van der Waals surface area contributed by atoms with Gasteiger partial charge in [0.25, 0.3) is 0 Å². The van der Waals surface area contributed by atoms with E-state index in [2.05, 4.69) is 0 Å². The first-order valence-corrected chi connectivity index (χ1v) is 6.54. The van der Waals surface area contributed by atoms with Crippen LogP contribution >= 0.6 is 0 Å². The molecule has 106 valence electrons. The zero-order valence-corrected chi connectivity index (χ0v) is 12.1. The molecule has 0 amide bonds. The summed E-state index contributed by atoms with van der Waals surface area (Å²) in [5, 5.41) is 0. The number of benzene rings is 1. The summed E-state index contributed by atoms with van der Waals surface area (Å²) in [5.74, 6) is 0.382. The first-order valence-electron chi connectivity index (χ1n) is 6.54. The smallest absolute Gasteiger partial charge is 0.325 e. The summed E-state index contributed by atoms with van der Waals surface area (Å²) in [6.45, 7) is 7.67. The topological polar surface area (TPSA) is 61.5 Å². The van der Waals surface area contributed by atoms with Crippen LogP contribution in [0.1, 0.15) is 32.8 Å². The maximum absolute atomic E-state index is 11.7. The summed E-state index contributed by atoms with van der Waals surface area (Å²) < 4.78 is 10.7. The van der Waals surface area contributed by atoms with Crippen LogP contribution in [0.2, 0.25) is 0 Å². The van der Waals surface area contributed by atoms with E-state index in [0.29, 0.717) is 13.0 Å². The Morgan fingerprint density at radius 1 is 1.37 bits per heavy atom. The number of aryl methyl sites for hydroxylation is 1. The zero-order chi connectivity index (χ0) is 14.5. The Labute approximate surface area is 114 Å². The third-order valence-electron chi connectivity index (χ3n) is 2.81. The number of ether oxygens (including phenoxy) is 2. The summed E-state index contributed by atoms with van der Waals surface area (Å²) in [5.41, 5.74) is 6.12. The molecule has 0 saturated heterocycles. The van der Waals surface area contributed by atoms with E-state index >= 15 is 0 Å². The Hall–Kier alpha value is -1.55. The van der Waals surface area contributed by atoms with Crippen LogP contribution < -0.4 is 10.5 Å². The van der Waals surface area contributed by atoms with E-state index in [1.54, 1.807) is 13.8 Å². The SMILES string of the molecule is CCOC(=O)C(C)(N)CC(C)Oc1ccc(C)cc1. The fourth-order valence-electron chi connectivity index (χ4n) is 1.87. The molecule has 0 bridgehead atoms. The molecule has 2 N–H and O–H groups in total. The lowest BCUT2D eigenvalue weighted by Gasteiger charge is -2.26. The normalized spacial score (nSPS) is 15.4. The van der Waals surface area contributed by atoms with Gasteiger partial charge in [0.1, 0.15) is 11.3 Å². The number of carbonyl (C=O) groups is 1. The van der Waals surface area contributed by atoms with Crippen molar-refractivity contribution in [1.82, 2.24) is 0 Å². The number of nitrogens with two attached hydrogens (primary N) is 1. The summed E-state index contributed by atoms with van der Waals surface area (Å²) in [6.07, 6.45) is 0.238. The highest BCUT2D eigenvalue weighted by Crippen LogP contribution is 2.18. The summed E-state index contributed by atoms with van der Waals surface area (Å²) in [7, 11) is 0. The average Bonchev–Trinajstić information content (AvgIpc) is 2.31. The standard InChI is InChI=1S/C15H23NO3/c1-5-18-14(17)15(4,16)10-12(3)19-13-8-6-11(2)7-9-13/h6-9,12H,5,10,16H2,1-4H3. The van der Waals surface area contributed by atoms with E-state index in [4.69, 9.17) is 15.2 Å². The van der Waals surface area contributed by atoms with Crippen LogP contribution in [0.5, 0.6) is 5.75 Å². The fraction of sp³-hybridized carbons (Fsp3) is 0.533. The lowest BCUT2D eigenvalue weighted by atomic mass is 9.96. The van der Waals surface area contributed by atoms with Crippen LogP contribution in [0.3, 0.4) is 0 Å². The van der Waals surface area contributed by atoms with Crippen LogP contribution in [-0.4, -0.2) is 24.2 Å². The van der Waals surface area contributed by atoms with Crippen molar-refractivity contribution in [2.75, 3.05) is 6.61 Å². The van der Waals surface area contributed by atoms with E-state index < -0.39 is 11.5 Å². The van der Waals surface area contributed by atoms with Gasteiger partial charge in [0, 0.05) is 6.42 Å². The van der Waals surface area contributed by atoms with Crippen molar-refractivity contribution in [3.63, 3.8) is 0 Å². The van der Waals surface area contributed by atoms with Crippen molar-refractivity contribution >= 4 is 5.97 Å². The molecule has 1 rings (SSSR count). The summed E-state index contributed by atoms with van der Waals surface area (Å²) >= 11 is 0. The zero-order valence-electron chi connectivity index (χ0n) is 12.1. The molecule has 4 heteroatoms. The van der Waals surface area contributed by atoms with Gasteiger partial charge in [-0.1, -0.05) is 17.7 Å². The van der Waals surface area contributed by atoms with Crippen molar-refractivity contribution in [3.05, 3.63) is 29.8 Å². The second kappa shape index (κ2) is 6.57. The molecule has 0 aromatic heterocycles. The molecule has 0 saturated carbocycles. The van der Waals surface area contributed by atoms with Crippen LogP contribution in [0.25, 0.3) is 0 Å². The van der Waals surface area contributed by atoms with Crippen LogP contribution in [0.4, 0.5) is 0 Å². The van der Waals surface area contributed by atoms with E-state index in [1.165, 1.54) is 5.56 Å². The fourth-order valence-corrected chi connectivity index (χ4v) is 1.87. The van der Waals surface area contributed by atoms with Crippen LogP contribution in [-0.2, 0) is 9.53 Å². The number of hydrogen-bond donors (Lipinski definition) is 1.